The molecule has 4 nitrogen and oxygen atoms in total. The fraction of sp³-hybridized carbons (Fsp3) is 0.364. The van der Waals surface area contributed by atoms with Crippen LogP contribution < -0.4 is 10.1 Å². The zero-order chi connectivity index (χ0) is 12.4. The highest BCUT2D eigenvalue weighted by Gasteiger charge is 2.32. The third-order valence-corrected chi connectivity index (χ3v) is 2.61. The van der Waals surface area contributed by atoms with Crippen molar-refractivity contribution in [1.82, 2.24) is 5.32 Å². The molecule has 1 fully saturated rings. The van der Waals surface area contributed by atoms with E-state index in [1.165, 1.54) is 6.07 Å². The van der Waals surface area contributed by atoms with Gasteiger partial charge in [-0.1, -0.05) is 0 Å². The van der Waals surface area contributed by atoms with Crippen LogP contribution in [-0.2, 0) is 0 Å². The van der Waals surface area contributed by atoms with Gasteiger partial charge in [0.2, 0.25) is 0 Å². The largest absolute Gasteiger partial charge is 0.487 e. The number of amides is 1. The fourth-order valence-electron chi connectivity index (χ4n) is 1.70. The number of hydrogen-bond acceptors (Lipinski definition) is 2. The van der Waals surface area contributed by atoms with Crippen molar-refractivity contribution in [2.24, 2.45) is 0 Å². The van der Waals surface area contributed by atoms with Gasteiger partial charge in [-0.2, -0.15) is 0 Å². The highest BCUT2D eigenvalue weighted by Crippen LogP contribution is 2.27. The Labute approximate surface area is 96.2 Å². The highest BCUT2D eigenvalue weighted by atomic mass is 19.1. The lowest BCUT2D eigenvalue weighted by Crippen LogP contribution is -2.48. The van der Waals surface area contributed by atoms with Crippen LogP contribution in [0, 0.1) is 11.6 Å². The van der Waals surface area contributed by atoms with Gasteiger partial charge < -0.3 is 15.2 Å². The first-order valence-electron chi connectivity index (χ1n) is 5.16. The van der Waals surface area contributed by atoms with Gasteiger partial charge in [0.05, 0.1) is 0 Å². The van der Waals surface area contributed by atoms with E-state index in [4.69, 9.17) is 9.84 Å². The van der Waals surface area contributed by atoms with E-state index in [0.29, 0.717) is 12.8 Å². The predicted octanol–water partition coefficient (Wildman–Crippen LogP) is 2.14. The topological polar surface area (TPSA) is 58.6 Å². The summed E-state index contributed by atoms with van der Waals surface area (Å²) in [6.07, 6.45) is -0.333. The monoisotopic (exact) mass is 243 g/mol. The maximum Gasteiger partial charge on any atom is 0.404 e. The molecule has 0 unspecified atom stereocenters. The molecule has 6 heteroatoms. The van der Waals surface area contributed by atoms with Crippen molar-refractivity contribution in [2.45, 2.75) is 25.0 Å². The molecule has 17 heavy (non-hydrogen) atoms. The minimum atomic E-state index is -1.08. The molecule has 1 aromatic rings. The SMILES string of the molecule is O=C(O)N[C@H]1C[C@H](Oc2ccc(F)cc2F)C1. The lowest BCUT2D eigenvalue weighted by atomic mass is 9.89. The van der Waals surface area contributed by atoms with E-state index in [-0.39, 0.29) is 17.9 Å². The zero-order valence-corrected chi connectivity index (χ0v) is 8.82. The number of rotatable bonds is 3. The van der Waals surface area contributed by atoms with Crippen LogP contribution in [0.2, 0.25) is 0 Å². The van der Waals surface area contributed by atoms with E-state index >= 15 is 0 Å². The van der Waals surface area contributed by atoms with Crippen LogP contribution >= 0.6 is 0 Å². The number of benzene rings is 1. The summed E-state index contributed by atoms with van der Waals surface area (Å²) in [5.74, 6) is -1.42. The first-order valence-corrected chi connectivity index (χ1v) is 5.16. The average Bonchev–Trinajstić information content (AvgIpc) is 2.17. The Morgan fingerprint density at radius 3 is 2.71 bits per heavy atom. The summed E-state index contributed by atoms with van der Waals surface area (Å²) < 4.78 is 31.1. The van der Waals surface area contributed by atoms with Crippen LogP contribution in [0.25, 0.3) is 0 Å². The smallest absolute Gasteiger partial charge is 0.404 e. The number of hydrogen-bond donors (Lipinski definition) is 2. The van der Waals surface area contributed by atoms with Crippen molar-refractivity contribution in [2.75, 3.05) is 0 Å². The van der Waals surface area contributed by atoms with Gasteiger partial charge in [0, 0.05) is 24.9 Å². The van der Waals surface area contributed by atoms with Crippen LogP contribution in [0.4, 0.5) is 13.6 Å². The summed E-state index contributed by atoms with van der Waals surface area (Å²) in [4.78, 5) is 10.3. The second kappa shape index (κ2) is 4.57. The normalized spacial score (nSPS) is 22.7. The predicted molar refractivity (Wildman–Crippen MR) is 55.0 cm³/mol. The molecule has 1 amide bonds. The van der Waals surface area contributed by atoms with Crippen molar-refractivity contribution < 1.29 is 23.4 Å². The summed E-state index contributed by atoms with van der Waals surface area (Å²) in [7, 11) is 0. The number of ether oxygens (including phenoxy) is 1. The second-order valence-corrected chi connectivity index (χ2v) is 3.93. The molecule has 1 aromatic carbocycles. The van der Waals surface area contributed by atoms with E-state index in [2.05, 4.69) is 5.32 Å². The van der Waals surface area contributed by atoms with Gasteiger partial charge >= 0.3 is 6.09 Å². The summed E-state index contributed by atoms with van der Waals surface area (Å²) >= 11 is 0. The molecule has 0 bridgehead atoms. The van der Waals surface area contributed by atoms with E-state index in [0.717, 1.165) is 12.1 Å². The summed E-state index contributed by atoms with van der Waals surface area (Å²) in [5.41, 5.74) is 0. The van der Waals surface area contributed by atoms with Crippen LogP contribution in [0.1, 0.15) is 12.8 Å². The minimum absolute atomic E-state index is 0.00910. The number of nitrogens with one attached hydrogen (secondary N) is 1. The van der Waals surface area contributed by atoms with Crippen molar-refractivity contribution in [1.29, 1.82) is 0 Å². The maximum atomic E-state index is 13.2. The molecule has 0 aliphatic heterocycles. The molecular weight excluding hydrogens is 232 g/mol. The van der Waals surface area contributed by atoms with E-state index < -0.39 is 17.7 Å². The maximum absolute atomic E-state index is 13.2. The van der Waals surface area contributed by atoms with Crippen molar-refractivity contribution in [3.8, 4) is 5.75 Å². The Hall–Kier alpha value is -1.85. The van der Waals surface area contributed by atoms with Gasteiger partial charge in [-0.3, -0.25) is 0 Å². The van der Waals surface area contributed by atoms with Crippen molar-refractivity contribution in [3.63, 3.8) is 0 Å². The van der Waals surface area contributed by atoms with Crippen LogP contribution in [-0.4, -0.2) is 23.3 Å². The molecule has 2 rings (SSSR count). The number of carbonyl (C=O) groups is 1. The molecular formula is C11H11F2NO3. The molecule has 0 radical (unpaired) electrons. The standard InChI is InChI=1S/C11H11F2NO3/c12-6-1-2-10(9(13)3-6)17-8-4-7(5-8)14-11(15)16/h1-3,7-8,14H,4-5H2,(H,15,16)/t7-,8-. The summed E-state index contributed by atoms with van der Waals surface area (Å²) in [5, 5.41) is 10.7. The molecule has 0 atom stereocenters. The van der Waals surface area contributed by atoms with Crippen molar-refractivity contribution >= 4 is 6.09 Å². The molecule has 2 N–H and O–H groups in total. The zero-order valence-electron chi connectivity index (χ0n) is 8.82. The Balaban J connectivity index is 1.85. The van der Waals surface area contributed by atoms with E-state index in [9.17, 15) is 13.6 Å². The molecule has 0 spiro atoms. The van der Waals surface area contributed by atoms with Crippen LogP contribution in [0.15, 0.2) is 18.2 Å². The lowest BCUT2D eigenvalue weighted by molar-refractivity contribution is 0.0795. The molecule has 1 aliphatic carbocycles. The summed E-state index contributed by atoms with van der Waals surface area (Å²) in [6.45, 7) is 0. The lowest BCUT2D eigenvalue weighted by Gasteiger charge is -2.35. The van der Waals surface area contributed by atoms with Gasteiger partial charge in [0.15, 0.2) is 11.6 Å². The molecule has 0 heterocycles. The van der Waals surface area contributed by atoms with Gasteiger partial charge in [-0.25, -0.2) is 13.6 Å². The Morgan fingerprint density at radius 1 is 1.41 bits per heavy atom. The molecule has 1 saturated carbocycles. The van der Waals surface area contributed by atoms with E-state index in [1.807, 2.05) is 0 Å². The van der Waals surface area contributed by atoms with Gasteiger partial charge in [0.1, 0.15) is 11.9 Å². The Morgan fingerprint density at radius 2 is 2.12 bits per heavy atom. The average molecular weight is 243 g/mol. The van der Waals surface area contributed by atoms with Crippen molar-refractivity contribution in [3.05, 3.63) is 29.8 Å². The number of halogens is 2. The first-order chi connectivity index (χ1) is 8.04. The minimum Gasteiger partial charge on any atom is -0.487 e. The summed E-state index contributed by atoms with van der Waals surface area (Å²) in [6, 6.07) is 2.94. The quantitative estimate of drug-likeness (QED) is 0.855. The third kappa shape index (κ3) is 2.83. The molecule has 0 saturated heterocycles. The molecule has 92 valence electrons. The number of carboxylic acid groups (broad SMARTS) is 1. The highest BCUT2D eigenvalue weighted by molar-refractivity contribution is 5.65. The third-order valence-electron chi connectivity index (χ3n) is 2.61. The van der Waals surface area contributed by atoms with Gasteiger partial charge in [-0.05, 0) is 12.1 Å². The van der Waals surface area contributed by atoms with Crippen LogP contribution in [0.5, 0.6) is 5.75 Å². The van der Waals surface area contributed by atoms with Gasteiger partial charge in [-0.15, -0.1) is 0 Å². The Kier molecular flexibility index (Phi) is 3.12. The van der Waals surface area contributed by atoms with Gasteiger partial charge in [0.25, 0.3) is 0 Å². The Bertz CT molecular complexity index is 433. The molecule has 0 aromatic heterocycles. The fourth-order valence-corrected chi connectivity index (χ4v) is 1.70. The van der Waals surface area contributed by atoms with E-state index in [1.54, 1.807) is 0 Å². The first kappa shape index (κ1) is 11.6. The van der Waals surface area contributed by atoms with Crippen LogP contribution in [0.3, 0.4) is 0 Å². The molecule has 1 aliphatic rings. The second-order valence-electron chi connectivity index (χ2n) is 3.93.